The molecule has 0 bridgehead atoms. The van der Waals surface area contributed by atoms with Gasteiger partial charge in [0, 0.05) is 17.3 Å². The van der Waals surface area contributed by atoms with Crippen molar-refractivity contribution < 1.29 is 9.53 Å². The molecule has 0 N–H and O–H groups in total. The molecule has 0 amide bonds. The first-order valence-electron chi connectivity index (χ1n) is 5.93. The SMILES string of the molecule is CCOC(=O)Cc1csc2nc(-c3cccs3)cn12. The largest absolute Gasteiger partial charge is 0.466 e. The lowest BCUT2D eigenvalue weighted by atomic mass is 10.3. The van der Waals surface area contributed by atoms with Crippen LogP contribution < -0.4 is 0 Å². The first-order chi connectivity index (χ1) is 9.28. The van der Waals surface area contributed by atoms with Crippen molar-refractivity contribution in [2.24, 2.45) is 0 Å². The number of hydrogen-bond acceptors (Lipinski definition) is 5. The summed E-state index contributed by atoms with van der Waals surface area (Å²) in [7, 11) is 0. The molecule has 4 nitrogen and oxygen atoms in total. The number of nitrogens with zero attached hydrogens (tertiary/aromatic N) is 2. The minimum atomic E-state index is -0.200. The van der Waals surface area contributed by atoms with Gasteiger partial charge in [-0.2, -0.15) is 0 Å². The maximum atomic E-state index is 11.5. The highest BCUT2D eigenvalue weighted by molar-refractivity contribution is 7.15. The molecule has 0 radical (unpaired) electrons. The predicted molar refractivity (Wildman–Crippen MR) is 76.7 cm³/mol. The summed E-state index contributed by atoms with van der Waals surface area (Å²) in [5, 5.41) is 3.99. The van der Waals surface area contributed by atoms with Gasteiger partial charge in [-0.05, 0) is 18.4 Å². The molecule has 0 saturated heterocycles. The van der Waals surface area contributed by atoms with Gasteiger partial charge in [-0.25, -0.2) is 4.98 Å². The molecular formula is C13H12N2O2S2. The molecule has 0 fully saturated rings. The van der Waals surface area contributed by atoms with Gasteiger partial charge in [-0.3, -0.25) is 9.20 Å². The van der Waals surface area contributed by atoms with Crippen molar-refractivity contribution in [3.05, 3.63) is 34.8 Å². The Morgan fingerprint density at radius 1 is 1.47 bits per heavy atom. The van der Waals surface area contributed by atoms with E-state index in [1.165, 1.54) is 0 Å². The van der Waals surface area contributed by atoms with Crippen LogP contribution in [0.5, 0.6) is 0 Å². The van der Waals surface area contributed by atoms with Crippen LogP contribution in [0.4, 0.5) is 0 Å². The van der Waals surface area contributed by atoms with Crippen molar-refractivity contribution >= 4 is 33.6 Å². The average molecular weight is 292 g/mol. The van der Waals surface area contributed by atoms with E-state index in [-0.39, 0.29) is 12.4 Å². The lowest BCUT2D eigenvalue weighted by Gasteiger charge is -2.00. The Morgan fingerprint density at radius 3 is 3.11 bits per heavy atom. The monoisotopic (exact) mass is 292 g/mol. The fraction of sp³-hybridized carbons (Fsp3) is 0.231. The van der Waals surface area contributed by atoms with Crippen LogP contribution in [-0.4, -0.2) is 22.0 Å². The average Bonchev–Trinajstić information content (AvgIpc) is 3.05. The number of esters is 1. The summed E-state index contributed by atoms with van der Waals surface area (Å²) in [4.78, 5) is 18.2. The Labute approximate surface area is 118 Å². The number of fused-ring (bicyclic) bond motifs is 1. The van der Waals surface area contributed by atoms with E-state index >= 15 is 0 Å². The standard InChI is InChI=1S/C13H12N2O2S2/c1-2-17-12(16)6-9-8-19-13-14-10(7-15(9)13)11-4-3-5-18-11/h3-5,7-8H,2,6H2,1H3. The first-order valence-corrected chi connectivity index (χ1v) is 7.69. The highest BCUT2D eigenvalue weighted by Gasteiger charge is 2.13. The van der Waals surface area contributed by atoms with Crippen LogP contribution in [0.25, 0.3) is 15.5 Å². The van der Waals surface area contributed by atoms with E-state index < -0.39 is 0 Å². The smallest absolute Gasteiger partial charge is 0.311 e. The molecule has 0 atom stereocenters. The maximum absolute atomic E-state index is 11.5. The minimum absolute atomic E-state index is 0.200. The summed E-state index contributed by atoms with van der Waals surface area (Å²) < 4.78 is 6.95. The first kappa shape index (κ1) is 12.4. The van der Waals surface area contributed by atoms with Crippen molar-refractivity contribution in [3.8, 4) is 10.6 Å². The Morgan fingerprint density at radius 2 is 2.37 bits per heavy atom. The van der Waals surface area contributed by atoms with Gasteiger partial charge in [-0.1, -0.05) is 6.07 Å². The van der Waals surface area contributed by atoms with E-state index in [2.05, 4.69) is 4.98 Å². The molecule has 0 aliphatic rings. The number of aromatic nitrogens is 2. The summed E-state index contributed by atoms with van der Waals surface area (Å²) in [5.74, 6) is -0.200. The third-order valence-electron chi connectivity index (χ3n) is 2.69. The van der Waals surface area contributed by atoms with Crippen molar-refractivity contribution in [3.63, 3.8) is 0 Å². The van der Waals surface area contributed by atoms with Crippen molar-refractivity contribution in [2.75, 3.05) is 6.61 Å². The fourth-order valence-corrected chi connectivity index (χ4v) is 3.41. The van der Waals surface area contributed by atoms with E-state index in [0.717, 1.165) is 21.2 Å². The second-order valence-corrected chi connectivity index (χ2v) is 5.75. The second kappa shape index (κ2) is 5.14. The number of rotatable bonds is 4. The molecule has 98 valence electrons. The highest BCUT2D eigenvalue weighted by Crippen LogP contribution is 2.27. The van der Waals surface area contributed by atoms with Crippen molar-refractivity contribution in [1.29, 1.82) is 0 Å². The highest BCUT2D eigenvalue weighted by atomic mass is 32.1. The van der Waals surface area contributed by atoms with Gasteiger partial charge < -0.3 is 4.74 Å². The quantitative estimate of drug-likeness (QED) is 0.693. The van der Waals surface area contributed by atoms with E-state index in [4.69, 9.17) is 4.74 Å². The van der Waals surface area contributed by atoms with Crippen molar-refractivity contribution in [1.82, 2.24) is 9.38 Å². The lowest BCUT2D eigenvalue weighted by molar-refractivity contribution is -0.142. The predicted octanol–water partition coefficient (Wildman–Crippen LogP) is 3.23. The molecule has 0 aromatic carbocycles. The van der Waals surface area contributed by atoms with E-state index in [1.54, 1.807) is 22.7 Å². The zero-order valence-corrected chi connectivity index (χ0v) is 12.0. The summed E-state index contributed by atoms with van der Waals surface area (Å²) >= 11 is 3.20. The summed E-state index contributed by atoms with van der Waals surface area (Å²) in [5.41, 5.74) is 1.88. The van der Waals surface area contributed by atoms with E-state index in [1.807, 2.05) is 40.4 Å². The number of ether oxygens (including phenoxy) is 1. The number of imidazole rings is 1. The number of carbonyl (C=O) groups excluding carboxylic acids is 1. The normalized spacial score (nSPS) is 11.0. The molecule has 19 heavy (non-hydrogen) atoms. The lowest BCUT2D eigenvalue weighted by Crippen LogP contribution is -2.08. The number of hydrogen-bond donors (Lipinski definition) is 0. The van der Waals surface area contributed by atoms with E-state index in [0.29, 0.717) is 6.61 Å². The summed E-state index contributed by atoms with van der Waals surface area (Å²) in [6, 6.07) is 4.05. The van der Waals surface area contributed by atoms with Crippen LogP contribution in [0, 0.1) is 0 Å². The molecule has 0 aliphatic heterocycles. The van der Waals surface area contributed by atoms with Gasteiger partial charge in [0.15, 0.2) is 4.96 Å². The van der Waals surface area contributed by atoms with Crippen LogP contribution in [0.1, 0.15) is 12.6 Å². The Kier molecular flexibility index (Phi) is 3.35. The van der Waals surface area contributed by atoms with E-state index in [9.17, 15) is 4.79 Å². The molecular weight excluding hydrogens is 280 g/mol. The fourth-order valence-electron chi connectivity index (χ4n) is 1.86. The van der Waals surface area contributed by atoms with Gasteiger partial charge >= 0.3 is 5.97 Å². The molecule has 3 heterocycles. The van der Waals surface area contributed by atoms with Gasteiger partial charge in [0.25, 0.3) is 0 Å². The third-order valence-corrected chi connectivity index (χ3v) is 4.47. The van der Waals surface area contributed by atoms with Gasteiger partial charge in [0.05, 0.1) is 17.9 Å². The molecule has 0 saturated carbocycles. The van der Waals surface area contributed by atoms with Gasteiger partial charge in [-0.15, -0.1) is 22.7 Å². The Balaban J connectivity index is 1.92. The number of thiophene rings is 1. The van der Waals surface area contributed by atoms with Crippen LogP contribution >= 0.6 is 22.7 Å². The van der Waals surface area contributed by atoms with Crippen LogP contribution in [-0.2, 0) is 16.0 Å². The Hall–Kier alpha value is -1.66. The molecule has 3 aromatic rings. The van der Waals surface area contributed by atoms with Crippen LogP contribution in [0.3, 0.4) is 0 Å². The third kappa shape index (κ3) is 2.41. The molecule has 3 rings (SSSR count). The topological polar surface area (TPSA) is 43.6 Å². The zero-order chi connectivity index (χ0) is 13.2. The molecule has 0 unspecified atom stereocenters. The van der Waals surface area contributed by atoms with Gasteiger partial charge in [0.1, 0.15) is 5.69 Å². The summed E-state index contributed by atoms with van der Waals surface area (Å²) in [6.45, 7) is 2.23. The Bertz CT molecular complexity index is 697. The summed E-state index contributed by atoms with van der Waals surface area (Å²) in [6.07, 6.45) is 2.26. The van der Waals surface area contributed by atoms with Crippen molar-refractivity contribution in [2.45, 2.75) is 13.3 Å². The zero-order valence-electron chi connectivity index (χ0n) is 10.3. The molecule has 3 aromatic heterocycles. The molecule has 6 heteroatoms. The van der Waals surface area contributed by atoms with Gasteiger partial charge in [0.2, 0.25) is 0 Å². The maximum Gasteiger partial charge on any atom is 0.311 e. The number of carbonyl (C=O) groups is 1. The molecule has 0 aliphatic carbocycles. The minimum Gasteiger partial charge on any atom is -0.466 e. The second-order valence-electron chi connectivity index (χ2n) is 3.96. The van der Waals surface area contributed by atoms with Crippen LogP contribution in [0.15, 0.2) is 29.1 Å². The van der Waals surface area contributed by atoms with Crippen LogP contribution in [0.2, 0.25) is 0 Å². The molecule has 0 spiro atoms. The number of thiazole rings is 1.